The molecule has 2 amide bonds. The molecule has 1 heterocycles. The quantitative estimate of drug-likeness (QED) is 0.594. The number of nitrogens with zero attached hydrogens (tertiary/aromatic N) is 1. The monoisotopic (exact) mass is 482 g/mol. The van der Waals surface area contributed by atoms with Crippen molar-refractivity contribution in [1.29, 1.82) is 0 Å². The average Bonchev–Trinajstić information content (AvgIpc) is 3.38. The van der Waals surface area contributed by atoms with Gasteiger partial charge < -0.3 is 20.1 Å². The zero-order chi connectivity index (χ0) is 24.2. The Morgan fingerprint density at radius 2 is 1.71 bits per heavy atom. The number of nitrogens with one attached hydrogen (secondary N) is 1. The van der Waals surface area contributed by atoms with Gasteiger partial charge in [0.1, 0.15) is 12.6 Å². The Hall–Kier alpha value is -3.00. The van der Waals surface area contributed by atoms with Crippen molar-refractivity contribution in [3.05, 3.63) is 59.7 Å². The summed E-state index contributed by atoms with van der Waals surface area (Å²) in [5.41, 5.74) is 4.54. The van der Waals surface area contributed by atoms with Gasteiger partial charge in [-0.2, -0.15) is 11.8 Å². The number of aliphatic carboxylic acids is 1. The molecule has 0 unspecified atom stereocenters. The van der Waals surface area contributed by atoms with Gasteiger partial charge in [0, 0.05) is 19.0 Å². The summed E-state index contributed by atoms with van der Waals surface area (Å²) in [5, 5.41) is 12.1. The molecule has 4 rings (SSSR count). The fourth-order valence-electron chi connectivity index (χ4n) is 4.96. The van der Waals surface area contributed by atoms with E-state index in [2.05, 4.69) is 29.6 Å². The number of likely N-dealkylation sites (tertiary alicyclic amines) is 1. The summed E-state index contributed by atoms with van der Waals surface area (Å²) in [5.74, 6) is -1.23. The van der Waals surface area contributed by atoms with Crippen LogP contribution in [0.3, 0.4) is 0 Å². The number of carboxylic acid groups (broad SMARTS) is 1. The molecule has 8 heteroatoms. The Bertz CT molecular complexity index is 1030. The first-order valence-electron chi connectivity index (χ1n) is 11.5. The standard InChI is InChI=1S/C26H30N2O5S/c1-16-13-28(14-21(16)25(30)31)24(29)23(11-12-34-2)27-26(32)33-15-22-19-9-5-3-7-17(19)18-8-4-6-10-20(18)22/h3-10,16,21-23H,11-15H2,1-2H3,(H,27,32)(H,30,31)/t16-,21-,23-/m0/s1. The van der Waals surface area contributed by atoms with Crippen LogP contribution in [0, 0.1) is 11.8 Å². The third-order valence-electron chi connectivity index (χ3n) is 6.79. The van der Waals surface area contributed by atoms with E-state index in [4.69, 9.17) is 4.74 Å². The summed E-state index contributed by atoms with van der Waals surface area (Å²) in [6.07, 6.45) is 1.75. The maximum absolute atomic E-state index is 13.1. The minimum atomic E-state index is -0.895. The number of rotatable bonds is 8. The molecule has 2 aliphatic rings. The highest BCUT2D eigenvalue weighted by Gasteiger charge is 2.39. The number of benzene rings is 2. The van der Waals surface area contributed by atoms with Crippen molar-refractivity contribution >= 4 is 29.7 Å². The van der Waals surface area contributed by atoms with Crippen molar-refractivity contribution in [1.82, 2.24) is 10.2 Å². The second-order valence-electron chi connectivity index (χ2n) is 8.97. The predicted molar refractivity (Wildman–Crippen MR) is 132 cm³/mol. The lowest BCUT2D eigenvalue weighted by Crippen LogP contribution is -2.48. The molecule has 2 aromatic carbocycles. The molecular formula is C26H30N2O5S. The molecule has 2 aromatic rings. The number of carboxylic acids is 1. The molecule has 0 radical (unpaired) electrons. The van der Waals surface area contributed by atoms with E-state index in [9.17, 15) is 19.5 Å². The fourth-order valence-corrected chi connectivity index (χ4v) is 5.44. The van der Waals surface area contributed by atoms with Crippen LogP contribution in [0.15, 0.2) is 48.5 Å². The van der Waals surface area contributed by atoms with E-state index in [1.165, 1.54) is 0 Å². The third-order valence-corrected chi connectivity index (χ3v) is 7.43. The molecule has 0 bridgehead atoms. The van der Waals surface area contributed by atoms with Crippen molar-refractivity contribution in [3.8, 4) is 11.1 Å². The Labute approximate surface area is 203 Å². The van der Waals surface area contributed by atoms with Gasteiger partial charge in [0.05, 0.1) is 5.92 Å². The predicted octanol–water partition coefficient (Wildman–Crippen LogP) is 3.83. The van der Waals surface area contributed by atoms with Gasteiger partial charge in [-0.05, 0) is 46.6 Å². The number of fused-ring (bicyclic) bond motifs is 3. The SMILES string of the molecule is CSCC[C@H](NC(=O)OCC1c2ccccc2-c2ccccc21)C(=O)N1C[C@H](C(=O)O)[C@@H](C)C1. The number of carbonyl (C=O) groups is 3. The van der Waals surface area contributed by atoms with E-state index in [1.54, 1.807) is 16.7 Å². The van der Waals surface area contributed by atoms with Crippen LogP contribution in [-0.4, -0.2) is 65.7 Å². The number of amides is 2. The van der Waals surface area contributed by atoms with Crippen LogP contribution in [0.4, 0.5) is 4.79 Å². The van der Waals surface area contributed by atoms with E-state index >= 15 is 0 Å². The average molecular weight is 483 g/mol. The van der Waals surface area contributed by atoms with Gasteiger partial charge in [0.2, 0.25) is 5.91 Å². The van der Waals surface area contributed by atoms with Gasteiger partial charge in [0.25, 0.3) is 0 Å². The van der Waals surface area contributed by atoms with E-state index in [1.807, 2.05) is 37.4 Å². The molecule has 7 nitrogen and oxygen atoms in total. The number of hydrogen-bond acceptors (Lipinski definition) is 5. The van der Waals surface area contributed by atoms with Crippen molar-refractivity contribution < 1.29 is 24.2 Å². The molecule has 1 aliphatic heterocycles. The van der Waals surface area contributed by atoms with Crippen molar-refractivity contribution in [3.63, 3.8) is 0 Å². The third kappa shape index (κ3) is 4.92. The lowest BCUT2D eigenvalue weighted by Gasteiger charge is -2.24. The minimum absolute atomic E-state index is 0.0609. The van der Waals surface area contributed by atoms with Crippen LogP contribution in [0.1, 0.15) is 30.4 Å². The van der Waals surface area contributed by atoms with E-state index in [0.717, 1.165) is 22.3 Å². The van der Waals surface area contributed by atoms with Gasteiger partial charge in [-0.3, -0.25) is 9.59 Å². The highest BCUT2D eigenvalue weighted by molar-refractivity contribution is 7.98. The molecule has 1 aliphatic carbocycles. The van der Waals surface area contributed by atoms with E-state index < -0.39 is 24.0 Å². The molecule has 3 atom stereocenters. The van der Waals surface area contributed by atoms with Crippen LogP contribution in [-0.2, 0) is 14.3 Å². The van der Waals surface area contributed by atoms with Gasteiger partial charge >= 0.3 is 12.1 Å². The Balaban J connectivity index is 1.41. The lowest BCUT2D eigenvalue weighted by atomic mass is 9.98. The van der Waals surface area contributed by atoms with Gasteiger partial charge in [0.15, 0.2) is 0 Å². The molecule has 0 saturated carbocycles. The topological polar surface area (TPSA) is 95.9 Å². The van der Waals surface area contributed by atoms with Crippen molar-refractivity contribution in [2.24, 2.45) is 11.8 Å². The lowest BCUT2D eigenvalue weighted by molar-refractivity contribution is -0.142. The Morgan fingerprint density at radius 3 is 2.26 bits per heavy atom. The minimum Gasteiger partial charge on any atom is -0.481 e. The van der Waals surface area contributed by atoms with Gasteiger partial charge in [-0.25, -0.2) is 4.79 Å². The van der Waals surface area contributed by atoms with Crippen molar-refractivity contribution in [2.45, 2.75) is 25.3 Å². The normalized spacial score (nSPS) is 19.9. The summed E-state index contributed by atoms with van der Waals surface area (Å²) in [6, 6.07) is 15.5. The van der Waals surface area contributed by atoms with Crippen LogP contribution in [0.5, 0.6) is 0 Å². The maximum atomic E-state index is 13.1. The van der Waals surface area contributed by atoms with Crippen LogP contribution >= 0.6 is 11.8 Å². The van der Waals surface area contributed by atoms with Crippen LogP contribution in [0.25, 0.3) is 11.1 Å². The molecule has 34 heavy (non-hydrogen) atoms. The van der Waals surface area contributed by atoms with Crippen molar-refractivity contribution in [2.75, 3.05) is 31.7 Å². The summed E-state index contributed by atoms with van der Waals surface area (Å²) < 4.78 is 5.62. The smallest absolute Gasteiger partial charge is 0.407 e. The Morgan fingerprint density at radius 1 is 1.09 bits per heavy atom. The number of alkyl carbamates (subject to hydrolysis) is 1. The van der Waals surface area contributed by atoms with E-state index in [-0.39, 0.29) is 30.9 Å². The molecule has 1 fully saturated rings. The number of ether oxygens (including phenoxy) is 1. The molecular weight excluding hydrogens is 452 g/mol. The van der Waals surface area contributed by atoms with Crippen LogP contribution in [0.2, 0.25) is 0 Å². The molecule has 2 N–H and O–H groups in total. The zero-order valence-electron chi connectivity index (χ0n) is 19.4. The number of hydrogen-bond donors (Lipinski definition) is 2. The molecule has 0 aromatic heterocycles. The summed E-state index contributed by atoms with van der Waals surface area (Å²) in [6.45, 7) is 2.54. The molecule has 1 saturated heterocycles. The second-order valence-corrected chi connectivity index (χ2v) is 9.95. The van der Waals surface area contributed by atoms with Gasteiger partial charge in [-0.1, -0.05) is 55.5 Å². The number of carbonyl (C=O) groups excluding carboxylic acids is 2. The second kappa shape index (κ2) is 10.5. The molecule has 0 spiro atoms. The summed E-state index contributed by atoms with van der Waals surface area (Å²) in [4.78, 5) is 38.9. The highest BCUT2D eigenvalue weighted by atomic mass is 32.2. The summed E-state index contributed by atoms with van der Waals surface area (Å²) in [7, 11) is 0. The van der Waals surface area contributed by atoms with E-state index in [0.29, 0.717) is 18.7 Å². The highest BCUT2D eigenvalue weighted by Crippen LogP contribution is 2.44. The van der Waals surface area contributed by atoms with Crippen LogP contribution < -0.4 is 5.32 Å². The first-order chi connectivity index (χ1) is 16.4. The maximum Gasteiger partial charge on any atom is 0.407 e. The molecule has 180 valence electrons. The summed E-state index contributed by atoms with van der Waals surface area (Å²) >= 11 is 1.58. The zero-order valence-corrected chi connectivity index (χ0v) is 20.2. The first-order valence-corrected chi connectivity index (χ1v) is 12.9. The first kappa shape index (κ1) is 24.1. The number of thioether (sulfide) groups is 1. The largest absolute Gasteiger partial charge is 0.481 e. The van der Waals surface area contributed by atoms with Gasteiger partial charge in [-0.15, -0.1) is 0 Å². The fraction of sp³-hybridized carbons (Fsp3) is 0.423. The Kier molecular flexibility index (Phi) is 7.46.